The van der Waals surface area contributed by atoms with Gasteiger partial charge in [-0.2, -0.15) is 0 Å². The number of carbonyl (C=O) groups is 1. The number of ether oxygens (including phenoxy) is 1. The fraction of sp³-hybridized carbons (Fsp3) is 0.375. The summed E-state index contributed by atoms with van der Waals surface area (Å²) in [5.74, 6) is -0.207. The van der Waals surface area contributed by atoms with Crippen LogP contribution in [-0.4, -0.2) is 22.3 Å². The van der Waals surface area contributed by atoms with Crippen LogP contribution in [0, 0.1) is 0 Å². The van der Waals surface area contributed by atoms with Crippen LogP contribution in [0.4, 0.5) is 16.3 Å². The molecule has 0 aliphatic heterocycles. The van der Waals surface area contributed by atoms with Gasteiger partial charge in [-0.05, 0) is 6.92 Å². The zero-order chi connectivity index (χ0) is 12.3. The largest absolute Gasteiger partial charge is 0.450 e. The number of nitrogens with zero attached hydrogens (tertiary/aromatic N) is 1. The van der Waals surface area contributed by atoms with Gasteiger partial charge in [0.05, 0.1) is 6.61 Å². The third-order valence-corrected chi connectivity index (χ3v) is 1.84. The molecule has 0 saturated heterocycles. The number of amides is 1. The van der Waals surface area contributed by atoms with Crippen molar-refractivity contribution in [2.45, 2.75) is 6.92 Å². The smallest absolute Gasteiger partial charge is 0.411 e. The maximum Gasteiger partial charge on any atom is 0.411 e. The first-order valence-corrected chi connectivity index (χ1v) is 4.50. The minimum atomic E-state index is -0.807. The Morgan fingerprint density at radius 2 is 2.19 bits per heavy atom. The van der Waals surface area contributed by atoms with E-state index in [1.54, 1.807) is 6.92 Å². The Hall–Kier alpha value is -2.25. The fourth-order valence-corrected chi connectivity index (χ4v) is 1.03. The molecule has 8 nitrogen and oxygen atoms in total. The summed E-state index contributed by atoms with van der Waals surface area (Å²) in [6.45, 7) is 1.78. The molecule has 0 fully saturated rings. The van der Waals surface area contributed by atoms with Crippen LogP contribution in [0.2, 0.25) is 0 Å². The first-order valence-electron chi connectivity index (χ1n) is 4.50. The zero-order valence-corrected chi connectivity index (χ0v) is 8.86. The van der Waals surface area contributed by atoms with E-state index in [4.69, 9.17) is 5.73 Å². The molecule has 88 valence electrons. The quantitative estimate of drug-likeness (QED) is 0.613. The van der Waals surface area contributed by atoms with Crippen LogP contribution in [0.3, 0.4) is 0 Å². The van der Waals surface area contributed by atoms with Crippen molar-refractivity contribution >= 4 is 17.6 Å². The summed E-state index contributed by atoms with van der Waals surface area (Å²) in [5, 5.41) is 2.16. The van der Waals surface area contributed by atoms with Crippen molar-refractivity contribution in [3.63, 3.8) is 0 Å². The van der Waals surface area contributed by atoms with Crippen LogP contribution < -0.4 is 22.3 Å². The Balaban J connectivity index is 3.15. The van der Waals surface area contributed by atoms with Gasteiger partial charge in [-0.25, -0.2) is 9.59 Å². The maximum absolute atomic E-state index is 11.5. The van der Waals surface area contributed by atoms with Crippen LogP contribution in [-0.2, 0) is 11.8 Å². The molecule has 1 aromatic heterocycles. The van der Waals surface area contributed by atoms with E-state index < -0.39 is 17.3 Å². The molecular weight excluding hydrogens is 216 g/mol. The zero-order valence-electron chi connectivity index (χ0n) is 8.86. The van der Waals surface area contributed by atoms with Gasteiger partial charge < -0.3 is 10.5 Å². The molecule has 0 aliphatic rings. The molecule has 0 aromatic carbocycles. The fourth-order valence-electron chi connectivity index (χ4n) is 1.03. The molecule has 0 saturated carbocycles. The highest BCUT2D eigenvalue weighted by atomic mass is 16.5. The highest BCUT2D eigenvalue weighted by Crippen LogP contribution is 2.06. The third kappa shape index (κ3) is 2.22. The van der Waals surface area contributed by atoms with Crippen molar-refractivity contribution in [1.82, 2.24) is 9.55 Å². The highest BCUT2D eigenvalue weighted by Gasteiger charge is 2.12. The summed E-state index contributed by atoms with van der Waals surface area (Å²) < 4.78 is 5.37. The molecule has 4 N–H and O–H groups in total. The summed E-state index contributed by atoms with van der Waals surface area (Å²) in [4.78, 5) is 35.9. The van der Waals surface area contributed by atoms with Gasteiger partial charge in [0.25, 0.3) is 5.56 Å². The average molecular weight is 228 g/mol. The normalized spacial score (nSPS) is 9.88. The van der Waals surface area contributed by atoms with E-state index in [1.807, 2.05) is 0 Å². The maximum atomic E-state index is 11.5. The molecular formula is C8H12N4O4. The Kier molecular flexibility index (Phi) is 3.33. The van der Waals surface area contributed by atoms with Crippen LogP contribution in [0.25, 0.3) is 0 Å². The SMILES string of the molecule is CCOC(=O)Nc1c(N)[nH]c(=O)n(C)c1=O. The van der Waals surface area contributed by atoms with Gasteiger partial charge in [0, 0.05) is 7.05 Å². The second-order valence-corrected chi connectivity index (χ2v) is 2.93. The number of rotatable bonds is 2. The lowest BCUT2D eigenvalue weighted by Gasteiger charge is -2.07. The number of nitrogens with one attached hydrogen (secondary N) is 2. The lowest BCUT2D eigenvalue weighted by Crippen LogP contribution is -2.36. The van der Waals surface area contributed by atoms with Crippen LogP contribution in [0.1, 0.15) is 6.92 Å². The number of hydrogen-bond donors (Lipinski definition) is 3. The van der Waals surface area contributed by atoms with Gasteiger partial charge in [0.2, 0.25) is 0 Å². The molecule has 1 heterocycles. The molecule has 0 spiro atoms. The summed E-state index contributed by atoms with van der Waals surface area (Å²) in [6, 6.07) is 0. The number of H-pyrrole nitrogens is 1. The lowest BCUT2D eigenvalue weighted by molar-refractivity contribution is 0.168. The molecule has 16 heavy (non-hydrogen) atoms. The molecule has 1 rings (SSSR count). The van der Waals surface area contributed by atoms with Gasteiger partial charge in [-0.1, -0.05) is 0 Å². The second kappa shape index (κ2) is 4.51. The van der Waals surface area contributed by atoms with Crippen molar-refractivity contribution in [2.75, 3.05) is 17.7 Å². The predicted octanol–water partition coefficient (Wildman–Crippen LogP) is -0.776. The summed E-state index contributed by atoms with van der Waals surface area (Å²) in [6.07, 6.45) is -0.807. The van der Waals surface area contributed by atoms with Crippen molar-refractivity contribution in [3.8, 4) is 0 Å². The summed E-state index contributed by atoms with van der Waals surface area (Å²) in [7, 11) is 1.26. The molecule has 0 radical (unpaired) electrons. The van der Waals surface area contributed by atoms with Crippen molar-refractivity contribution in [1.29, 1.82) is 0 Å². The van der Waals surface area contributed by atoms with Crippen LogP contribution in [0.15, 0.2) is 9.59 Å². The van der Waals surface area contributed by atoms with Gasteiger partial charge in [-0.3, -0.25) is 19.7 Å². The number of aromatic nitrogens is 2. The Labute approximate surface area is 90.0 Å². The molecule has 1 amide bonds. The lowest BCUT2D eigenvalue weighted by atomic mass is 10.4. The summed E-state index contributed by atoms with van der Waals surface area (Å²) >= 11 is 0. The van der Waals surface area contributed by atoms with Crippen molar-refractivity contribution in [2.24, 2.45) is 7.05 Å². The van der Waals surface area contributed by atoms with Gasteiger partial charge in [0.15, 0.2) is 5.69 Å². The number of nitrogens with two attached hydrogens (primary N) is 1. The Morgan fingerprint density at radius 1 is 1.56 bits per heavy atom. The van der Waals surface area contributed by atoms with Gasteiger partial charge in [0.1, 0.15) is 5.82 Å². The standard InChI is InChI=1S/C8H12N4O4/c1-3-16-8(15)10-4-5(9)11-7(14)12(2)6(4)13/h3,9H2,1-2H3,(H,10,15)(H,11,14). The number of nitrogen functional groups attached to an aromatic ring is 1. The van der Waals surface area contributed by atoms with Crippen LogP contribution >= 0.6 is 0 Å². The van der Waals surface area contributed by atoms with E-state index in [0.29, 0.717) is 0 Å². The van der Waals surface area contributed by atoms with Gasteiger partial charge in [-0.15, -0.1) is 0 Å². The molecule has 0 unspecified atom stereocenters. The van der Waals surface area contributed by atoms with Crippen molar-refractivity contribution < 1.29 is 9.53 Å². The third-order valence-electron chi connectivity index (χ3n) is 1.84. The molecule has 0 aliphatic carbocycles. The first kappa shape index (κ1) is 11.8. The Bertz CT molecular complexity index is 516. The first-order chi connectivity index (χ1) is 7.47. The topological polar surface area (TPSA) is 119 Å². The highest BCUT2D eigenvalue weighted by molar-refractivity contribution is 5.87. The number of aromatic amines is 1. The number of anilines is 2. The molecule has 0 bridgehead atoms. The van der Waals surface area contributed by atoms with E-state index in [9.17, 15) is 14.4 Å². The van der Waals surface area contributed by atoms with Crippen LogP contribution in [0.5, 0.6) is 0 Å². The minimum absolute atomic E-state index is 0.162. The van der Waals surface area contributed by atoms with E-state index in [2.05, 4.69) is 15.0 Å². The Morgan fingerprint density at radius 3 is 2.75 bits per heavy atom. The van der Waals surface area contributed by atoms with E-state index >= 15 is 0 Å². The summed E-state index contributed by atoms with van der Waals surface area (Å²) in [5.41, 5.74) is 3.83. The second-order valence-electron chi connectivity index (χ2n) is 2.93. The van der Waals surface area contributed by atoms with E-state index in [-0.39, 0.29) is 18.1 Å². The monoisotopic (exact) mass is 228 g/mol. The van der Waals surface area contributed by atoms with E-state index in [1.165, 1.54) is 7.05 Å². The molecule has 8 heteroatoms. The van der Waals surface area contributed by atoms with E-state index in [0.717, 1.165) is 4.57 Å². The molecule has 1 aromatic rings. The number of hydrogen-bond acceptors (Lipinski definition) is 5. The van der Waals surface area contributed by atoms with Crippen molar-refractivity contribution in [3.05, 3.63) is 20.8 Å². The van der Waals surface area contributed by atoms with Gasteiger partial charge >= 0.3 is 11.8 Å². The predicted molar refractivity (Wildman–Crippen MR) is 57.4 cm³/mol. The minimum Gasteiger partial charge on any atom is -0.450 e. The number of carbonyl (C=O) groups excluding carboxylic acids is 1. The average Bonchev–Trinajstić information content (AvgIpc) is 2.22. The molecule has 0 atom stereocenters.